The molecule has 1 rings (SSSR count). The standard InChI is InChI=1S/C35H63NO7/c1-6-15-33-34(40)36-24-30(37)23-32(39)31(38)21-20-29(25-42-5)19-14-18-28(7-2)17-13-11-9-8-10-12-16-26(3)22-27(4)35(41)43-33/h14,18-19,26-28,30-33,37-39H,6-13,15-17,20-25H2,1-5H3,(H,36,40)/b18-14-,29-19-/t26-,27+,28-,30+,31+,32-,33-/m0/s1. The van der Waals surface area contributed by atoms with Crippen LogP contribution in [0.3, 0.4) is 0 Å². The molecule has 8 nitrogen and oxygen atoms in total. The number of carbonyl (C=O) groups is 2. The van der Waals surface area contributed by atoms with Crippen molar-refractivity contribution in [3.05, 3.63) is 23.8 Å². The van der Waals surface area contributed by atoms with Gasteiger partial charge in [-0.15, -0.1) is 0 Å². The average molecular weight is 610 g/mol. The average Bonchev–Trinajstić information content (AvgIpc) is 2.97. The predicted octanol–water partition coefficient (Wildman–Crippen LogP) is 6.02. The molecule has 0 unspecified atom stereocenters. The van der Waals surface area contributed by atoms with Gasteiger partial charge in [-0.3, -0.25) is 9.59 Å². The van der Waals surface area contributed by atoms with Crippen molar-refractivity contribution in [1.29, 1.82) is 0 Å². The topological polar surface area (TPSA) is 125 Å². The molecule has 0 aromatic carbocycles. The van der Waals surface area contributed by atoms with Crippen molar-refractivity contribution in [2.45, 2.75) is 148 Å². The lowest BCUT2D eigenvalue weighted by molar-refractivity contribution is -0.160. The third-order valence-corrected chi connectivity index (χ3v) is 8.58. The van der Waals surface area contributed by atoms with Crippen LogP contribution in [-0.4, -0.2) is 71.9 Å². The molecule has 0 aromatic rings. The fourth-order valence-corrected chi connectivity index (χ4v) is 5.74. The highest BCUT2D eigenvalue weighted by Crippen LogP contribution is 2.22. The Hall–Kier alpha value is -1.74. The normalized spacial score (nSPS) is 33.2. The van der Waals surface area contributed by atoms with Crippen LogP contribution in [0.5, 0.6) is 0 Å². The third kappa shape index (κ3) is 18.0. The van der Waals surface area contributed by atoms with Crippen molar-refractivity contribution in [3.8, 4) is 0 Å². The quantitative estimate of drug-likeness (QED) is 0.281. The van der Waals surface area contributed by atoms with Crippen molar-refractivity contribution in [2.75, 3.05) is 20.3 Å². The highest BCUT2D eigenvalue weighted by molar-refractivity contribution is 5.84. The van der Waals surface area contributed by atoms with Crippen LogP contribution >= 0.6 is 0 Å². The number of esters is 1. The van der Waals surface area contributed by atoms with Crippen molar-refractivity contribution in [2.24, 2.45) is 17.8 Å². The monoisotopic (exact) mass is 609 g/mol. The summed E-state index contributed by atoms with van der Waals surface area (Å²) in [6, 6.07) is 0. The molecule has 0 aromatic heterocycles. The number of methoxy groups -OCH3 is 1. The van der Waals surface area contributed by atoms with E-state index in [9.17, 15) is 24.9 Å². The Morgan fingerprint density at radius 3 is 2.26 bits per heavy atom. The van der Waals surface area contributed by atoms with Gasteiger partial charge in [0.1, 0.15) is 0 Å². The van der Waals surface area contributed by atoms with Gasteiger partial charge in [0.2, 0.25) is 0 Å². The summed E-state index contributed by atoms with van der Waals surface area (Å²) in [6.07, 6.45) is 15.5. The number of cyclic esters (lactones) is 1. The maximum atomic E-state index is 12.8. The van der Waals surface area contributed by atoms with Gasteiger partial charge in [0, 0.05) is 20.1 Å². The molecule has 1 heterocycles. The zero-order valence-corrected chi connectivity index (χ0v) is 27.8. The summed E-state index contributed by atoms with van der Waals surface area (Å²) in [5.74, 6) is -0.176. The molecule has 0 saturated carbocycles. The van der Waals surface area contributed by atoms with E-state index >= 15 is 0 Å². The molecule has 1 aliphatic rings. The number of carbonyl (C=O) groups excluding carboxylic acids is 2. The minimum atomic E-state index is -1.14. The van der Waals surface area contributed by atoms with Crippen LogP contribution in [0.15, 0.2) is 23.8 Å². The molecular weight excluding hydrogens is 546 g/mol. The molecule has 0 fully saturated rings. The Kier molecular flexibility index (Phi) is 21.6. The van der Waals surface area contributed by atoms with E-state index < -0.39 is 30.3 Å². The smallest absolute Gasteiger partial charge is 0.309 e. The molecule has 4 N–H and O–H groups in total. The first-order chi connectivity index (χ1) is 20.6. The summed E-state index contributed by atoms with van der Waals surface area (Å²) in [5, 5.41) is 34.2. The van der Waals surface area contributed by atoms with Gasteiger partial charge in [-0.25, -0.2) is 0 Å². The number of nitrogens with one attached hydrogen (secondary N) is 1. The van der Waals surface area contributed by atoms with Gasteiger partial charge >= 0.3 is 5.97 Å². The van der Waals surface area contributed by atoms with Gasteiger partial charge in [-0.05, 0) is 55.9 Å². The fourth-order valence-electron chi connectivity index (χ4n) is 5.74. The second-order valence-electron chi connectivity index (χ2n) is 12.8. The third-order valence-electron chi connectivity index (χ3n) is 8.58. The molecular formula is C35H63NO7. The molecule has 0 spiro atoms. The molecule has 1 aliphatic heterocycles. The van der Waals surface area contributed by atoms with Crippen molar-refractivity contribution >= 4 is 11.9 Å². The Labute approximate surface area is 261 Å². The number of aliphatic hydroxyl groups excluding tert-OH is 3. The number of allylic oxidation sites excluding steroid dienone is 3. The first kappa shape index (κ1) is 39.3. The van der Waals surface area contributed by atoms with E-state index in [0.29, 0.717) is 44.1 Å². The SMILES string of the molecule is CCC[C@@H]1OC(=O)[C@H](C)C[C@@H](C)CCCCCCCC[C@H](CC)/C=C\C=C(/COC)CC[C@@H](O)[C@@H](O)C[C@@H](O)CNC1=O. The first-order valence-corrected chi connectivity index (χ1v) is 17.0. The molecule has 0 radical (unpaired) electrons. The summed E-state index contributed by atoms with van der Waals surface area (Å²) >= 11 is 0. The summed E-state index contributed by atoms with van der Waals surface area (Å²) in [4.78, 5) is 25.6. The lowest BCUT2D eigenvalue weighted by Crippen LogP contribution is -2.43. The van der Waals surface area contributed by atoms with E-state index in [4.69, 9.17) is 9.47 Å². The fraction of sp³-hybridized carbons (Fsp3) is 0.829. The predicted molar refractivity (Wildman–Crippen MR) is 172 cm³/mol. The van der Waals surface area contributed by atoms with E-state index in [0.717, 1.165) is 31.3 Å². The highest BCUT2D eigenvalue weighted by atomic mass is 16.5. The van der Waals surface area contributed by atoms with Crippen LogP contribution in [0.25, 0.3) is 0 Å². The first-order valence-electron chi connectivity index (χ1n) is 17.0. The minimum absolute atomic E-state index is 0.0873. The molecule has 43 heavy (non-hydrogen) atoms. The second-order valence-corrected chi connectivity index (χ2v) is 12.8. The zero-order valence-electron chi connectivity index (χ0n) is 27.8. The molecule has 0 aliphatic carbocycles. The van der Waals surface area contributed by atoms with Crippen LogP contribution < -0.4 is 5.32 Å². The van der Waals surface area contributed by atoms with Gasteiger partial charge in [-0.2, -0.15) is 0 Å². The zero-order chi connectivity index (χ0) is 32.0. The Balaban J connectivity index is 2.90. The Morgan fingerprint density at radius 2 is 1.60 bits per heavy atom. The number of hydrogen-bond acceptors (Lipinski definition) is 7. The molecule has 8 heteroatoms. The van der Waals surface area contributed by atoms with E-state index in [1.165, 1.54) is 38.5 Å². The summed E-state index contributed by atoms with van der Waals surface area (Å²) in [6.45, 7) is 8.52. The van der Waals surface area contributed by atoms with Crippen molar-refractivity contribution in [1.82, 2.24) is 5.32 Å². The van der Waals surface area contributed by atoms with Crippen LogP contribution in [0, 0.1) is 17.8 Å². The number of β-amino-alcohol motifs (C(OH)–C–C–N with tert-alkyl or cyclic N) is 1. The van der Waals surface area contributed by atoms with Gasteiger partial charge in [-0.1, -0.05) is 97.3 Å². The summed E-state index contributed by atoms with van der Waals surface area (Å²) in [7, 11) is 1.64. The van der Waals surface area contributed by atoms with E-state index in [-0.39, 0.29) is 24.9 Å². The largest absolute Gasteiger partial charge is 0.452 e. The number of amides is 1. The highest BCUT2D eigenvalue weighted by Gasteiger charge is 2.27. The summed E-state index contributed by atoms with van der Waals surface area (Å²) in [5.41, 5.74) is 1.03. The van der Waals surface area contributed by atoms with Crippen LogP contribution in [0.1, 0.15) is 124 Å². The number of hydrogen-bond donors (Lipinski definition) is 4. The maximum Gasteiger partial charge on any atom is 0.309 e. The van der Waals surface area contributed by atoms with Gasteiger partial charge in [0.25, 0.3) is 5.91 Å². The minimum Gasteiger partial charge on any atom is -0.452 e. The van der Waals surface area contributed by atoms with Gasteiger partial charge in [0.15, 0.2) is 6.10 Å². The van der Waals surface area contributed by atoms with Crippen molar-refractivity contribution < 1.29 is 34.4 Å². The number of rotatable bonds is 5. The van der Waals surface area contributed by atoms with E-state index in [1.807, 2.05) is 19.9 Å². The van der Waals surface area contributed by atoms with Crippen molar-refractivity contribution in [3.63, 3.8) is 0 Å². The van der Waals surface area contributed by atoms with E-state index in [2.05, 4.69) is 31.3 Å². The molecule has 0 saturated heterocycles. The second kappa shape index (κ2) is 23.6. The Morgan fingerprint density at radius 1 is 0.930 bits per heavy atom. The van der Waals surface area contributed by atoms with E-state index in [1.54, 1.807) is 7.11 Å². The number of aliphatic hydroxyl groups is 3. The molecule has 0 bridgehead atoms. The van der Waals surface area contributed by atoms with Crippen LogP contribution in [0.2, 0.25) is 0 Å². The Bertz CT molecular complexity index is 814. The molecule has 250 valence electrons. The summed E-state index contributed by atoms with van der Waals surface area (Å²) < 4.78 is 11.0. The van der Waals surface area contributed by atoms with Crippen LogP contribution in [0.4, 0.5) is 0 Å². The molecule has 1 amide bonds. The number of ether oxygens (including phenoxy) is 2. The van der Waals surface area contributed by atoms with Gasteiger partial charge < -0.3 is 30.1 Å². The molecule has 7 atom stereocenters. The lowest BCUT2D eigenvalue weighted by Gasteiger charge is -2.23. The van der Waals surface area contributed by atoms with Crippen LogP contribution in [-0.2, 0) is 19.1 Å². The maximum absolute atomic E-state index is 12.8. The van der Waals surface area contributed by atoms with Gasteiger partial charge in [0.05, 0.1) is 30.8 Å². The lowest BCUT2D eigenvalue weighted by atomic mass is 9.92.